The highest BCUT2D eigenvalue weighted by molar-refractivity contribution is 5.75. The van der Waals surface area contributed by atoms with Crippen LogP contribution in [0, 0.1) is 0 Å². The third-order valence-electron chi connectivity index (χ3n) is 3.83. The molecule has 1 atom stereocenters. The second-order valence-electron chi connectivity index (χ2n) is 5.23. The molecule has 5 heteroatoms. The Morgan fingerprint density at radius 1 is 1.45 bits per heavy atom. The van der Waals surface area contributed by atoms with Crippen molar-refractivity contribution in [1.82, 2.24) is 15.2 Å². The highest BCUT2D eigenvalue weighted by Gasteiger charge is 2.23. The Morgan fingerprint density at radius 2 is 2.25 bits per heavy atom. The van der Waals surface area contributed by atoms with Crippen LogP contribution in [0.3, 0.4) is 0 Å². The van der Waals surface area contributed by atoms with E-state index in [1.54, 1.807) is 17.7 Å². The summed E-state index contributed by atoms with van der Waals surface area (Å²) in [5, 5.41) is 6.10. The van der Waals surface area contributed by atoms with Gasteiger partial charge in [0.25, 0.3) is 5.56 Å². The first-order valence-corrected chi connectivity index (χ1v) is 7.34. The minimum absolute atomic E-state index is 0.0940. The van der Waals surface area contributed by atoms with Gasteiger partial charge in [0.05, 0.1) is 0 Å². The van der Waals surface area contributed by atoms with Crippen LogP contribution >= 0.6 is 0 Å². The van der Waals surface area contributed by atoms with E-state index in [1.807, 2.05) is 6.07 Å². The van der Waals surface area contributed by atoms with Crippen molar-refractivity contribution in [3.05, 3.63) is 33.7 Å². The quantitative estimate of drug-likeness (QED) is 0.843. The highest BCUT2D eigenvalue weighted by atomic mass is 16.2. The Bertz CT molecular complexity index is 536. The maximum atomic E-state index is 12.0. The maximum absolute atomic E-state index is 12.0. The van der Waals surface area contributed by atoms with Gasteiger partial charge in [-0.15, -0.1) is 0 Å². The van der Waals surface area contributed by atoms with E-state index in [0.717, 1.165) is 37.9 Å². The summed E-state index contributed by atoms with van der Waals surface area (Å²) in [5.74, 6) is -0.135. The Morgan fingerprint density at radius 3 is 2.95 bits per heavy atom. The lowest BCUT2D eigenvalue weighted by Crippen LogP contribution is -2.35. The van der Waals surface area contributed by atoms with Gasteiger partial charge in [0.2, 0.25) is 5.91 Å². The average Bonchev–Trinajstić information content (AvgIpc) is 2.47. The van der Waals surface area contributed by atoms with Crippen molar-refractivity contribution in [2.75, 3.05) is 13.6 Å². The molecular formula is C15H23N3O2. The van der Waals surface area contributed by atoms with Crippen LogP contribution in [0.25, 0.3) is 0 Å². The predicted octanol–water partition coefficient (Wildman–Crippen LogP) is 0.971. The molecule has 1 aliphatic carbocycles. The standard InChI is InChI=1S/C15H23N3O2/c1-3-9-17-12-5-4-6-13-11(12)7-8-15(20)18(13)10-14(19)16-2/h7-8,12,17H,3-6,9-10H2,1-2H3,(H,16,19). The number of aromatic nitrogens is 1. The highest BCUT2D eigenvalue weighted by Crippen LogP contribution is 2.28. The molecule has 0 saturated heterocycles. The lowest BCUT2D eigenvalue weighted by molar-refractivity contribution is -0.121. The van der Waals surface area contributed by atoms with Crippen molar-refractivity contribution in [1.29, 1.82) is 0 Å². The third-order valence-corrected chi connectivity index (χ3v) is 3.83. The van der Waals surface area contributed by atoms with Crippen molar-refractivity contribution >= 4 is 5.91 Å². The number of rotatable bonds is 5. The first-order valence-electron chi connectivity index (χ1n) is 7.34. The van der Waals surface area contributed by atoms with E-state index in [0.29, 0.717) is 6.04 Å². The molecule has 1 aromatic rings. The molecule has 0 aliphatic heterocycles. The number of carbonyl (C=O) groups excluding carboxylic acids is 1. The van der Waals surface area contributed by atoms with Gasteiger partial charge >= 0.3 is 0 Å². The fourth-order valence-electron chi connectivity index (χ4n) is 2.79. The van der Waals surface area contributed by atoms with Crippen LogP contribution in [0.1, 0.15) is 43.5 Å². The lowest BCUT2D eigenvalue weighted by atomic mass is 9.90. The maximum Gasteiger partial charge on any atom is 0.251 e. The number of nitrogens with one attached hydrogen (secondary N) is 2. The summed E-state index contributed by atoms with van der Waals surface area (Å²) in [4.78, 5) is 23.6. The molecule has 110 valence electrons. The summed E-state index contributed by atoms with van der Waals surface area (Å²) >= 11 is 0. The Balaban J connectivity index is 2.34. The molecule has 0 radical (unpaired) electrons. The summed E-state index contributed by atoms with van der Waals surface area (Å²) in [7, 11) is 1.59. The second-order valence-corrected chi connectivity index (χ2v) is 5.23. The molecule has 20 heavy (non-hydrogen) atoms. The molecule has 1 aromatic heterocycles. The van der Waals surface area contributed by atoms with E-state index in [4.69, 9.17) is 0 Å². The van der Waals surface area contributed by atoms with Crippen LogP contribution in [-0.2, 0) is 17.8 Å². The summed E-state index contributed by atoms with van der Waals surface area (Å²) in [5.41, 5.74) is 2.10. The zero-order valence-corrected chi connectivity index (χ0v) is 12.2. The minimum atomic E-state index is -0.135. The van der Waals surface area contributed by atoms with Crippen LogP contribution in [0.15, 0.2) is 16.9 Å². The largest absolute Gasteiger partial charge is 0.358 e. The molecule has 1 amide bonds. The number of fused-ring (bicyclic) bond motifs is 1. The van der Waals surface area contributed by atoms with Crippen LogP contribution in [0.5, 0.6) is 0 Å². The van der Waals surface area contributed by atoms with Gasteiger partial charge in [0.15, 0.2) is 0 Å². The van der Waals surface area contributed by atoms with E-state index in [1.165, 1.54) is 5.56 Å². The van der Waals surface area contributed by atoms with Gasteiger partial charge in [-0.25, -0.2) is 0 Å². The monoisotopic (exact) mass is 277 g/mol. The fraction of sp³-hybridized carbons (Fsp3) is 0.600. The average molecular weight is 277 g/mol. The van der Waals surface area contributed by atoms with E-state index < -0.39 is 0 Å². The summed E-state index contributed by atoms with van der Waals surface area (Å²) in [6.45, 7) is 3.22. The minimum Gasteiger partial charge on any atom is -0.358 e. The van der Waals surface area contributed by atoms with Crippen molar-refractivity contribution in [2.45, 2.75) is 45.2 Å². The van der Waals surface area contributed by atoms with Gasteiger partial charge in [-0.3, -0.25) is 9.59 Å². The van der Waals surface area contributed by atoms with Crippen molar-refractivity contribution in [3.8, 4) is 0 Å². The van der Waals surface area contributed by atoms with Crippen LogP contribution in [-0.4, -0.2) is 24.1 Å². The van der Waals surface area contributed by atoms with Gasteiger partial charge in [-0.1, -0.05) is 13.0 Å². The van der Waals surface area contributed by atoms with Gasteiger partial charge < -0.3 is 15.2 Å². The molecule has 0 fully saturated rings. The second kappa shape index (κ2) is 6.70. The number of carbonyl (C=O) groups is 1. The molecule has 5 nitrogen and oxygen atoms in total. The molecule has 1 unspecified atom stereocenters. The van der Waals surface area contributed by atoms with E-state index in [-0.39, 0.29) is 18.0 Å². The lowest BCUT2D eigenvalue weighted by Gasteiger charge is -2.28. The topological polar surface area (TPSA) is 63.1 Å². The van der Waals surface area contributed by atoms with Crippen LogP contribution < -0.4 is 16.2 Å². The van der Waals surface area contributed by atoms with Gasteiger partial charge in [0.1, 0.15) is 6.54 Å². The van der Waals surface area contributed by atoms with Crippen molar-refractivity contribution < 1.29 is 4.79 Å². The Kier molecular flexibility index (Phi) is 4.95. The van der Waals surface area contributed by atoms with E-state index in [2.05, 4.69) is 17.6 Å². The molecule has 0 bridgehead atoms. The molecule has 0 spiro atoms. The molecule has 0 saturated carbocycles. The fourth-order valence-corrected chi connectivity index (χ4v) is 2.79. The zero-order valence-electron chi connectivity index (χ0n) is 12.2. The zero-order chi connectivity index (χ0) is 14.5. The van der Waals surface area contributed by atoms with Crippen molar-refractivity contribution in [2.24, 2.45) is 0 Å². The first kappa shape index (κ1) is 14.8. The normalized spacial score (nSPS) is 17.6. The number of pyridine rings is 1. The molecule has 1 heterocycles. The van der Waals surface area contributed by atoms with Crippen molar-refractivity contribution in [3.63, 3.8) is 0 Å². The van der Waals surface area contributed by atoms with Gasteiger partial charge in [-0.2, -0.15) is 0 Å². The van der Waals surface area contributed by atoms with Gasteiger partial charge in [-0.05, 0) is 37.8 Å². The van der Waals surface area contributed by atoms with E-state index >= 15 is 0 Å². The van der Waals surface area contributed by atoms with Crippen LogP contribution in [0.2, 0.25) is 0 Å². The van der Waals surface area contributed by atoms with Gasteiger partial charge in [0, 0.05) is 24.8 Å². The predicted molar refractivity (Wildman–Crippen MR) is 78.7 cm³/mol. The number of hydrogen-bond acceptors (Lipinski definition) is 3. The third kappa shape index (κ3) is 3.10. The SMILES string of the molecule is CCCNC1CCCc2c1ccc(=O)n2CC(=O)NC. The molecule has 0 aromatic carbocycles. The number of likely N-dealkylation sites (N-methyl/N-ethyl adjacent to an activating group) is 1. The first-order chi connectivity index (χ1) is 9.67. The number of amides is 1. The smallest absolute Gasteiger partial charge is 0.251 e. The molecule has 2 N–H and O–H groups in total. The molecule has 2 rings (SSSR count). The molecule has 1 aliphatic rings. The summed E-state index contributed by atoms with van der Waals surface area (Å²) in [6, 6.07) is 3.80. The Hall–Kier alpha value is -1.62. The van der Waals surface area contributed by atoms with Crippen LogP contribution in [0.4, 0.5) is 0 Å². The summed E-state index contributed by atoms with van der Waals surface area (Å²) in [6.07, 6.45) is 4.09. The summed E-state index contributed by atoms with van der Waals surface area (Å²) < 4.78 is 1.62. The molecular weight excluding hydrogens is 254 g/mol. The number of hydrogen-bond donors (Lipinski definition) is 2. The number of nitrogens with zero attached hydrogens (tertiary/aromatic N) is 1. The Labute approximate surface area is 119 Å². The van der Waals surface area contributed by atoms with E-state index in [9.17, 15) is 9.59 Å².